The molecule has 2 aromatic heterocycles. The Morgan fingerprint density at radius 2 is 0.855 bits per heavy atom. The van der Waals surface area contributed by atoms with Gasteiger partial charge in [-0.2, -0.15) is 18.8 Å². The highest BCUT2D eigenvalue weighted by Gasteiger charge is 2.50. The van der Waals surface area contributed by atoms with Crippen molar-refractivity contribution in [1.82, 2.24) is 33.1 Å². The van der Waals surface area contributed by atoms with Crippen molar-refractivity contribution in [1.29, 1.82) is 0 Å². The third kappa shape index (κ3) is 12.2. The summed E-state index contributed by atoms with van der Waals surface area (Å²) in [6.45, 7) is 9.84. The smallest absolute Gasteiger partial charge is 0.263 e. The van der Waals surface area contributed by atoms with Crippen LogP contribution >= 0.6 is 0 Å². The zero-order valence-electron chi connectivity index (χ0n) is 41.4. The molecule has 6 aromatic rings. The quantitative estimate of drug-likeness (QED) is 0.0632. The van der Waals surface area contributed by atoms with Crippen LogP contribution < -0.4 is 18.9 Å². The van der Waals surface area contributed by atoms with Gasteiger partial charge in [0, 0.05) is 57.3 Å². The Bertz CT molecular complexity index is 2780. The molecule has 1 saturated carbocycles. The molecule has 1 aliphatic rings. The molecule has 7 rings (SSSR count). The van der Waals surface area contributed by atoms with Crippen LogP contribution in [0.15, 0.2) is 119 Å². The second-order valence-corrected chi connectivity index (χ2v) is 21.5. The summed E-state index contributed by atoms with van der Waals surface area (Å²) >= 11 is 0. The lowest BCUT2D eigenvalue weighted by molar-refractivity contribution is 0.100. The zero-order chi connectivity index (χ0) is 50.3. The third-order valence-corrected chi connectivity index (χ3v) is 15.4. The highest BCUT2D eigenvalue weighted by atomic mass is 32.2. The molecule has 0 radical (unpaired) electrons. The van der Waals surface area contributed by atoms with Gasteiger partial charge in [0.05, 0.1) is 39.7 Å². The number of ketones is 1. The fourth-order valence-electron chi connectivity index (χ4n) is 7.90. The number of sulfonamides is 2. The summed E-state index contributed by atoms with van der Waals surface area (Å²) in [5.74, 6) is 2.58. The minimum atomic E-state index is -4.01. The van der Waals surface area contributed by atoms with Crippen LogP contribution in [0.1, 0.15) is 98.0 Å². The predicted molar refractivity (Wildman–Crippen MR) is 265 cm³/mol. The molecular weight excluding hydrogens is 919 g/mol. The molecular formula is C51H65N7O9S2. The number of rotatable bonds is 21. The minimum absolute atomic E-state index is 0.0398. The monoisotopic (exact) mass is 983 g/mol. The molecule has 0 bridgehead atoms. The fraction of sp³-hybridized carbons (Fsp3) is 0.392. The molecule has 370 valence electrons. The SMILES string of the molecule is COc1ccc(CN(Cc2ccc(OC)cc2)S(=O)(=O)c2cc(C(C)=O)n(C(C)C)n2)cc1.COc1ccc(CN(Cc2ccc(OC)cc2)S(=O)(=O)c2cc(C3(N(C)C)CC3)n(C(C)C)n2)cc1. The standard InChI is InChI=1S/C27H36N4O4S.C24H29N3O5S/c1-20(2)31-25(27(15-16-27)29(3)4)17-26(28-31)36(32,33)30(18-21-7-11-23(34-5)12-8-21)19-22-9-13-24(35-6)14-10-22;1-17(2)27-23(18(3)28)14-24(25-27)33(29,30)26(15-19-6-10-21(31-4)11-7-19)16-20-8-12-22(32-5)13-9-20/h7-14,17,20H,15-16,18-19H2,1-6H3;6-14,17H,15-16H2,1-5H3. The van der Waals surface area contributed by atoms with Crippen LogP contribution in [0, 0.1) is 0 Å². The van der Waals surface area contributed by atoms with Crippen molar-refractivity contribution in [2.45, 2.75) is 101 Å². The van der Waals surface area contributed by atoms with E-state index in [9.17, 15) is 21.6 Å². The normalized spacial score (nSPS) is 13.4. The van der Waals surface area contributed by atoms with Gasteiger partial charge in [0.25, 0.3) is 20.0 Å². The summed E-state index contributed by atoms with van der Waals surface area (Å²) < 4.78 is 82.6. The van der Waals surface area contributed by atoms with Crippen molar-refractivity contribution in [3.05, 3.63) is 143 Å². The largest absolute Gasteiger partial charge is 0.497 e. The van der Waals surface area contributed by atoms with Gasteiger partial charge in [-0.05, 0) is 125 Å². The number of nitrogens with zero attached hydrogens (tertiary/aromatic N) is 7. The van der Waals surface area contributed by atoms with Gasteiger partial charge in [-0.25, -0.2) is 16.8 Å². The minimum Gasteiger partial charge on any atom is -0.497 e. The number of benzene rings is 4. The molecule has 0 spiro atoms. The number of Topliss-reactive ketones (excluding diaryl/α,β-unsaturated/α-hetero) is 1. The van der Waals surface area contributed by atoms with Crippen LogP contribution in [0.5, 0.6) is 23.0 Å². The summed E-state index contributed by atoms with van der Waals surface area (Å²) in [4.78, 5) is 14.3. The van der Waals surface area contributed by atoms with Gasteiger partial charge in [-0.1, -0.05) is 48.5 Å². The number of hydrogen-bond donors (Lipinski definition) is 0. The highest BCUT2D eigenvalue weighted by Crippen LogP contribution is 2.50. The molecule has 1 aliphatic carbocycles. The van der Waals surface area contributed by atoms with Gasteiger partial charge < -0.3 is 18.9 Å². The second-order valence-electron chi connectivity index (χ2n) is 17.7. The van der Waals surface area contributed by atoms with E-state index in [2.05, 4.69) is 15.1 Å². The van der Waals surface area contributed by atoms with Gasteiger partial charge in [0.1, 0.15) is 28.7 Å². The molecule has 18 heteroatoms. The fourth-order valence-corrected chi connectivity index (χ4v) is 10.6. The van der Waals surface area contributed by atoms with Crippen LogP contribution in [0.2, 0.25) is 0 Å². The Morgan fingerprint density at radius 1 is 0.551 bits per heavy atom. The van der Waals surface area contributed by atoms with Crippen molar-refractivity contribution in [3.8, 4) is 23.0 Å². The topological polar surface area (TPSA) is 168 Å². The van der Waals surface area contributed by atoms with Gasteiger partial charge in [0.15, 0.2) is 15.8 Å². The van der Waals surface area contributed by atoms with Crippen LogP contribution in [0.4, 0.5) is 0 Å². The average molecular weight is 984 g/mol. The lowest BCUT2D eigenvalue weighted by atomic mass is 10.1. The molecule has 0 amide bonds. The summed E-state index contributed by atoms with van der Waals surface area (Å²) in [7, 11) is 2.54. The van der Waals surface area contributed by atoms with Crippen LogP contribution in [-0.4, -0.2) is 98.2 Å². The van der Waals surface area contributed by atoms with Crippen molar-refractivity contribution in [2.75, 3.05) is 42.5 Å². The summed E-state index contributed by atoms with van der Waals surface area (Å²) in [6.07, 6.45) is 1.97. The van der Waals surface area contributed by atoms with Crippen LogP contribution in [-0.2, 0) is 51.8 Å². The maximum Gasteiger partial charge on any atom is 0.263 e. The molecule has 0 unspecified atom stereocenters. The Labute approximate surface area is 407 Å². The van der Waals surface area contributed by atoms with E-state index >= 15 is 0 Å². The Hall–Kier alpha value is -6.05. The van der Waals surface area contributed by atoms with E-state index in [0.717, 1.165) is 52.3 Å². The van der Waals surface area contributed by atoms with Gasteiger partial charge in [0.2, 0.25) is 0 Å². The summed E-state index contributed by atoms with van der Waals surface area (Å²) in [5, 5.41) is 8.87. The van der Waals surface area contributed by atoms with Gasteiger partial charge in [-0.3, -0.25) is 19.1 Å². The molecule has 4 aromatic carbocycles. The second kappa shape index (κ2) is 22.1. The predicted octanol–water partition coefficient (Wildman–Crippen LogP) is 8.50. The van der Waals surface area contributed by atoms with E-state index in [-0.39, 0.29) is 65.3 Å². The first-order valence-electron chi connectivity index (χ1n) is 22.7. The number of aromatic nitrogens is 4. The van der Waals surface area contributed by atoms with E-state index < -0.39 is 20.0 Å². The van der Waals surface area contributed by atoms with E-state index in [1.165, 1.54) is 26.3 Å². The summed E-state index contributed by atoms with van der Waals surface area (Å²) in [5.41, 5.74) is 4.37. The van der Waals surface area contributed by atoms with Crippen molar-refractivity contribution >= 4 is 25.8 Å². The highest BCUT2D eigenvalue weighted by molar-refractivity contribution is 7.89. The van der Waals surface area contributed by atoms with Gasteiger partial charge >= 0.3 is 0 Å². The molecule has 0 N–H and O–H groups in total. The van der Waals surface area contributed by atoms with Crippen LogP contribution in [0.25, 0.3) is 0 Å². The number of hydrogen-bond acceptors (Lipinski definition) is 12. The first-order valence-corrected chi connectivity index (χ1v) is 25.5. The average Bonchev–Trinajstić information content (AvgIpc) is 3.78. The van der Waals surface area contributed by atoms with Crippen molar-refractivity contribution in [3.63, 3.8) is 0 Å². The Kier molecular flexibility index (Phi) is 16.8. The number of carbonyl (C=O) groups excluding carboxylic acids is 1. The van der Waals surface area contributed by atoms with E-state index in [1.54, 1.807) is 58.8 Å². The molecule has 69 heavy (non-hydrogen) atoms. The van der Waals surface area contributed by atoms with E-state index in [1.807, 2.05) is 119 Å². The maximum absolute atomic E-state index is 14.1. The number of ether oxygens (including phenoxy) is 4. The lowest BCUT2D eigenvalue weighted by Crippen LogP contribution is -2.30. The summed E-state index contributed by atoms with van der Waals surface area (Å²) in [6, 6.07) is 32.4. The van der Waals surface area contributed by atoms with E-state index in [0.29, 0.717) is 11.5 Å². The number of carbonyl (C=O) groups is 1. The zero-order valence-corrected chi connectivity index (χ0v) is 43.0. The first kappa shape index (κ1) is 52.3. The van der Waals surface area contributed by atoms with Crippen molar-refractivity contribution < 1.29 is 40.6 Å². The maximum atomic E-state index is 14.1. The van der Waals surface area contributed by atoms with Crippen LogP contribution in [0.3, 0.4) is 0 Å². The molecule has 0 saturated heterocycles. The Morgan fingerprint density at radius 3 is 1.10 bits per heavy atom. The molecule has 1 fully saturated rings. The van der Waals surface area contributed by atoms with Gasteiger partial charge in [-0.15, -0.1) is 0 Å². The molecule has 0 aliphatic heterocycles. The Balaban J connectivity index is 0.000000228. The molecule has 0 atom stereocenters. The molecule has 16 nitrogen and oxygen atoms in total. The van der Waals surface area contributed by atoms with E-state index in [4.69, 9.17) is 18.9 Å². The van der Waals surface area contributed by atoms with Crippen molar-refractivity contribution in [2.24, 2.45) is 0 Å². The first-order chi connectivity index (χ1) is 32.7. The molecule has 2 heterocycles. The lowest BCUT2D eigenvalue weighted by Gasteiger charge is -2.25. The number of methoxy groups -OCH3 is 4. The third-order valence-electron chi connectivity index (χ3n) is 12.1.